The van der Waals surface area contributed by atoms with E-state index in [9.17, 15) is 4.79 Å². The second-order valence-electron chi connectivity index (χ2n) is 5.16. The van der Waals surface area contributed by atoms with Crippen molar-refractivity contribution in [2.75, 3.05) is 19.0 Å². The lowest BCUT2D eigenvalue weighted by atomic mass is 10.0. The Morgan fingerprint density at radius 2 is 2.05 bits per heavy atom. The Balaban J connectivity index is 1.96. The Bertz CT molecular complexity index is 657. The van der Waals surface area contributed by atoms with Gasteiger partial charge in [0.25, 0.3) is 0 Å². The number of hydrogen-bond donors (Lipinski definition) is 2. The largest absolute Gasteiger partial charge is 0.383 e. The van der Waals surface area contributed by atoms with Crippen molar-refractivity contribution in [2.24, 2.45) is 5.73 Å². The predicted molar refractivity (Wildman–Crippen MR) is 79.8 cm³/mol. The lowest BCUT2D eigenvalue weighted by Crippen LogP contribution is -2.39. The molecule has 4 heteroatoms. The summed E-state index contributed by atoms with van der Waals surface area (Å²) in [5, 5.41) is 5.28. The number of anilines is 1. The van der Waals surface area contributed by atoms with Gasteiger partial charge in [0, 0.05) is 18.2 Å². The molecular formula is C16H18N2O2. The number of ether oxygens (including phenoxy) is 1. The monoisotopic (exact) mass is 270 g/mol. The van der Waals surface area contributed by atoms with Crippen molar-refractivity contribution in [1.29, 1.82) is 0 Å². The van der Waals surface area contributed by atoms with E-state index in [0.717, 1.165) is 23.9 Å². The molecule has 0 aliphatic heterocycles. The van der Waals surface area contributed by atoms with Gasteiger partial charge in [-0.1, -0.05) is 24.3 Å². The molecule has 0 fully saturated rings. The minimum atomic E-state index is -0.650. The summed E-state index contributed by atoms with van der Waals surface area (Å²) in [6, 6.07) is 9.65. The van der Waals surface area contributed by atoms with Gasteiger partial charge in [-0.2, -0.15) is 0 Å². The van der Waals surface area contributed by atoms with Crippen LogP contribution in [-0.2, 0) is 22.4 Å². The number of amides is 1. The molecule has 1 amide bonds. The van der Waals surface area contributed by atoms with E-state index in [1.54, 1.807) is 0 Å². The van der Waals surface area contributed by atoms with Crippen LogP contribution in [0.2, 0.25) is 0 Å². The molecule has 4 nitrogen and oxygen atoms in total. The Morgan fingerprint density at radius 3 is 2.80 bits per heavy atom. The molecule has 0 bridgehead atoms. The van der Waals surface area contributed by atoms with Crippen LogP contribution >= 0.6 is 0 Å². The summed E-state index contributed by atoms with van der Waals surface area (Å²) in [6.07, 6.45) is 2.15. The summed E-state index contributed by atoms with van der Waals surface area (Å²) in [5.41, 5.74) is 9.29. The maximum Gasteiger partial charge on any atom is 0.243 e. The van der Waals surface area contributed by atoms with Crippen molar-refractivity contribution in [3.8, 4) is 0 Å². The zero-order valence-corrected chi connectivity index (χ0v) is 11.5. The molecule has 3 N–H and O–H groups in total. The van der Waals surface area contributed by atoms with Gasteiger partial charge in [-0.25, -0.2) is 0 Å². The van der Waals surface area contributed by atoms with E-state index in [1.165, 1.54) is 23.6 Å². The third-order valence-electron chi connectivity index (χ3n) is 3.82. The minimum Gasteiger partial charge on any atom is -0.383 e. The van der Waals surface area contributed by atoms with Crippen molar-refractivity contribution in [2.45, 2.75) is 18.9 Å². The molecule has 20 heavy (non-hydrogen) atoms. The molecule has 1 aliphatic rings. The molecule has 0 saturated carbocycles. The highest BCUT2D eigenvalue weighted by Gasteiger charge is 2.18. The maximum atomic E-state index is 12.0. The SMILES string of the molecule is COCC(N)C(=O)Nc1ccc2c3c(cccc13)CC2. The summed E-state index contributed by atoms with van der Waals surface area (Å²) >= 11 is 0. The first-order chi connectivity index (χ1) is 9.70. The van der Waals surface area contributed by atoms with Gasteiger partial charge in [0.15, 0.2) is 0 Å². The fourth-order valence-electron chi connectivity index (χ4n) is 2.84. The third-order valence-corrected chi connectivity index (χ3v) is 3.82. The standard InChI is InChI=1S/C16H18N2O2/c1-20-9-13(17)16(19)18-14-8-7-11-6-5-10-3-2-4-12(14)15(10)11/h2-4,7-8,13H,5-6,9,17H2,1H3,(H,18,19). The van der Waals surface area contributed by atoms with Crippen LogP contribution in [0.5, 0.6) is 0 Å². The third kappa shape index (κ3) is 2.17. The van der Waals surface area contributed by atoms with Crippen LogP contribution in [0.25, 0.3) is 10.8 Å². The normalized spacial score (nSPS) is 14.5. The van der Waals surface area contributed by atoms with Crippen molar-refractivity contribution < 1.29 is 9.53 Å². The highest BCUT2D eigenvalue weighted by Crippen LogP contribution is 2.34. The lowest BCUT2D eigenvalue weighted by molar-refractivity contribution is -0.118. The van der Waals surface area contributed by atoms with Crippen LogP contribution < -0.4 is 11.1 Å². The summed E-state index contributed by atoms with van der Waals surface area (Å²) in [7, 11) is 1.53. The Hall–Kier alpha value is -1.91. The van der Waals surface area contributed by atoms with Crippen LogP contribution in [0.15, 0.2) is 30.3 Å². The number of carbonyl (C=O) groups is 1. The van der Waals surface area contributed by atoms with E-state index in [2.05, 4.69) is 17.4 Å². The van der Waals surface area contributed by atoms with E-state index < -0.39 is 6.04 Å². The fourth-order valence-corrected chi connectivity index (χ4v) is 2.84. The van der Waals surface area contributed by atoms with Gasteiger partial charge in [0.05, 0.1) is 6.61 Å². The molecular weight excluding hydrogens is 252 g/mol. The highest BCUT2D eigenvalue weighted by atomic mass is 16.5. The summed E-state index contributed by atoms with van der Waals surface area (Å²) < 4.78 is 4.91. The van der Waals surface area contributed by atoms with Crippen molar-refractivity contribution in [3.63, 3.8) is 0 Å². The summed E-state index contributed by atoms with van der Waals surface area (Å²) in [5.74, 6) is -0.217. The molecule has 0 radical (unpaired) electrons. The first-order valence-corrected chi connectivity index (χ1v) is 6.79. The Kier molecular flexibility index (Phi) is 3.42. The van der Waals surface area contributed by atoms with Crippen LogP contribution in [0.4, 0.5) is 5.69 Å². The zero-order chi connectivity index (χ0) is 14.1. The van der Waals surface area contributed by atoms with Gasteiger partial charge in [-0.05, 0) is 35.4 Å². The average molecular weight is 270 g/mol. The van der Waals surface area contributed by atoms with Crippen LogP contribution in [-0.4, -0.2) is 25.7 Å². The number of rotatable bonds is 4. The van der Waals surface area contributed by atoms with E-state index in [0.29, 0.717) is 0 Å². The van der Waals surface area contributed by atoms with E-state index in [-0.39, 0.29) is 12.5 Å². The smallest absolute Gasteiger partial charge is 0.243 e. The molecule has 2 aromatic rings. The maximum absolute atomic E-state index is 12.0. The summed E-state index contributed by atoms with van der Waals surface area (Å²) in [6.45, 7) is 0.215. The van der Waals surface area contributed by atoms with E-state index in [4.69, 9.17) is 10.5 Å². The predicted octanol–water partition coefficient (Wildman–Crippen LogP) is 1.85. The van der Waals surface area contributed by atoms with Crippen LogP contribution in [0.1, 0.15) is 11.1 Å². The average Bonchev–Trinajstić information content (AvgIpc) is 2.87. The molecule has 3 rings (SSSR count). The van der Waals surface area contributed by atoms with E-state index >= 15 is 0 Å². The van der Waals surface area contributed by atoms with Gasteiger partial charge in [-0.3, -0.25) is 4.79 Å². The van der Waals surface area contributed by atoms with Crippen LogP contribution in [0, 0.1) is 0 Å². The summed E-state index contributed by atoms with van der Waals surface area (Å²) in [4.78, 5) is 12.0. The second kappa shape index (κ2) is 5.23. The molecule has 104 valence electrons. The zero-order valence-electron chi connectivity index (χ0n) is 11.5. The quantitative estimate of drug-likeness (QED) is 0.891. The van der Waals surface area contributed by atoms with Gasteiger partial charge in [-0.15, -0.1) is 0 Å². The number of benzene rings is 2. The Labute approximate surface area is 117 Å². The van der Waals surface area contributed by atoms with Crippen LogP contribution in [0.3, 0.4) is 0 Å². The Morgan fingerprint density at radius 1 is 1.30 bits per heavy atom. The van der Waals surface area contributed by atoms with Gasteiger partial charge < -0.3 is 15.8 Å². The number of aryl methyl sites for hydroxylation is 2. The number of carbonyl (C=O) groups excluding carboxylic acids is 1. The number of hydrogen-bond acceptors (Lipinski definition) is 3. The molecule has 2 aromatic carbocycles. The number of nitrogens with two attached hydrogens (primary N) is 1. The van der Waals surface area contributed by atoms with Crippen molar-refractivity contribution in [3.05, 3.63) is 41.5 Å². The van der Waals surface area contributed by atoms with Crippen molar-refractivity contribution in [1.82, 2.24) is 0 Å². The number of nitrogens with one attached hydrogen (secondary N) is 1. The van der Waals surface area contributed by atoms with Gasteiger partial charge in [0.1, 0.15) is 6.04 Å². The fraction of sp³-hybridized carbons (Fsp3) is 0.312. The molecule has 1 atom stereocenters. The first-order valence-electron chi connectivity index (χ1n) is 6.79. The van der Waals surface area contributed by atoms with Crippen molar-refractivity contribution >= 4 is 22.4 Å². The van der Waals surface area contributed by atoms with E-state index in [1.807, 2.05) is 18.2 Å². The topological polar surface area (TPSA) is 64.3 Å². The first kappa shape index (κ1) is 13.1. The molecule has 0 heterocycles. The molecule has 0 aromatic heterocycles. The highest BCUT2D eigenvalue weighted by molar-refractivity contribution is 6.06. The van der Waals surface area contributed by atoms with Gasteiger partial charge in [0.2, 0.25) is 5.91 Å². The molecule has 1 unspecified atom stereocenters. The van der Waals surface area contributed by atoms with Gasteiger partial charge >= 0.3 is 0 Å². The molecule has 0 spiro atoms. The minimum absolute atomic E-state index is 0.215. The number of methoxy groups -OCH3 is 1. The molecule has 0 saturated heterocycles. The molecule has 1 aliphatic carbocycles. The lowest BCUT2D eigenvalue weighted by Gasteiger charge is -2.14. The second-order valence-corrected chi connectivity index (χ2v) is 5.16.